The van der Waals surface area contributed by atoms with E-state index in [4.69, 9.17) is 9.26 Å². The summed E-state index contributed by atoms with van der Waals surface area (Å²) in [5.41, 5.74) is 1.49. The third kappa shape index (κ3) is 5.21. The molecule has 0 aliphatic carbocycles. The first-order chi connectivity index (χ1) is 15.1. The summed E-state index contributed by atoms with van der Waals surface area (Å²) in [5.74, 6) is 1.42. The standard InChI is InChI=1S/C21H23N5O4S/c1-29-17-11-14(6-7-16(17)27)20-24-19(30-25-20)5-3-2-4-8-22-18(28)12-15-13-26-9-10-31-21(26)23-15/h6-7,9-11,13,27H,2-5,8,12H2,1H3,(H,22,28). The van der Waals surface area contributed by atoms with Crippen LogP contribution in [0.15, 0.2) is 40.5 Å². The van der Waals surface area contributed by atoms with E-state index in [1.807, 2.05) is 22.2 Å². The van der Waals surface area contributed by atoms with E-state index in [9.17, 15) is 9.90 Å². The van der Waals surface area contributed by atoms with Gasteiger partial charge in [-0.25, -0.2) is 4.98 Å². The van der Waals surface area contributed by atoms with Gasteiger partial charge < -0.3 is 19.7 Å². The van der Waals surface area contributed by atoms with Crippen molar-refractivity contribution in [3.8, 4) is 22.9 Å². The Kier molecular flexibility index (Phi) is 6.46. The van der Waals surface area contributed by atoms with E-state index in [2.05, 4.69) is 20.4 Å². The third-order valence-corrected chi connectivity index (χ3v) is 5.55. The Balaban J connectivity index is 1.15. The van der Waals surface area contributed by atoms with Crippen molar-refractivity contribution in [1.29, 1.82) is 0 Å². The van der Waals surface area contributed by atoms with Crippen LogP contribution >= 0.6 is 11.3 Å². The number of amides is 1. The number of rotatable bonds is 10. The summed E-state index contributed by atoms with van der Waals surface area (Å²) in [6.07, 6.45) is 7.47. The van der Waals surface area contributed by atoms with Crippen LogP contribution < -0.4 is 10.1 Å². The van der Waals surface area contributed by atoms with Gasteiger partial charge >= 0.3 is 0 Å². The average Bonchev–Trinajstić information content (AvgIpc) is 3.47. The van der Waals surface area contributed by atoms with E-state index >= 15 is 0 Å². The minimum atomic E-state index is -0.0170. The topological polar surface area (TPSA) is 115 Å². The second kappa shape index (κ2) is 9.61. The number of fused-ring (bicyclic) bond motifs is 1. The summed E-state index contributed by atoms with van der Waals surface area (Å²) < 4.78 is 12.3. The molecule has 0 atom stereocenters. The molecule has 162 valence electrons. The fourth-order valence-corrected chi connectivity index (χ4v) is 3.90. The van der Waals surface area contributed by atoms with Crippen LogP contribution in [0.4, 0.5) is 0 Å². The quantitative estimate of drug-likeness (QED) is 0.363. The summed E-state index contributed by atoms with van der Waals surface area (Å²) in [5, 5.41) is 18.6. The molecule has 0 aliphatic rings. The molecular weight excluding hydrogens is 418 g/mol. The Morgan fingerprint density at radius 1 is 1.29 bits per heavy atom. The van der Waals surface area contributed by atoms with E-state index in [1.165, 1.54) is 13.2 Å². The smallest absolute Gasteiger partial charge is 0.226 e. The first-order valence-electron chi connectivity index (χ1n) is 10.00. The number of hydrogen-bond acceptors (Lipinski definition) is 8. The maximum Gasteiger partial charge on any atom is 0.226 e. The molecule has 3 aromatic heterocycles. The molecule has 2 N–H and O–H groups in total. The molecular formula is C21H23N5O4S. The first-order valence-corrected chi connectivity index (χ1v) is 10.9. The molecule has 0 unspecified atom stereocenters. The average molecular weight is 442 g/mol. The lowest BCUT2D eigenvalue weighted by Crippen LogP contribution is -2.26. The van der Waals surface area contributed by atoms with E-state index in [1.54, 1.807) is 23.5 Å². The van der Waals surface area contributed by atoms with Crippen LogP contribution in [0.1, 0.15) is 30.8 Å². The van der Waals surface area contributed by atoms with Crippen LogP contribution in [0.3, 0.4) is 0 Å². The number of imidazole rings is 1. The van der Waals surface area contributed by atoms with Crippen LogP contribution in [0, 0.1) is 0 Å². The number of carbonyl (C=O) groups is 1. The fourth-order valence-electron chi connectivity index (χ4n) is 3.18. The van der Waals surface area contributed by atoms with Gasteiger partial charge in [0.2, 0.25) is 17.6 Å². The number of unbranched alkanes of at least 4 members (excludes halogenated alkanes) is 2. The van der Waals surface area contributed by atoms with Gasteiger partial charge in [0.1, 0.15) is 0 Å². The zero-order valence-corrected chi connectivity index (χ0v) is 17.9. The summed E-state index contributed by atoms with van der Waals surface area (Å²) in [6, 6.07) is 4.91. The SMILES string of the molecule is COc1cc(-c2noc(CCCCCNC(=O)Cc3cn4ccsc4n3)n2)ccc1O. The molecule has 0 aliphatic heterocycles. The monoisotopic (exact) mass is 441 g/mol. The van der Waals surface area contributed by atoms with Gasteiger partial charge in [-0.15, -0.1) is 11.3 Å². The van der Waals surface area contributed by atoms with Crippen LogP contribution in [0.25, 0.3) is 16.3 Å². The zero-order chi connectivity index (χ0) is 21.6. The van der Waals surface area contributed by atoms with Gasteiger partial charge in [-0.2, -0.15) is 4.98 Å². The Labute approximate surface area is 182 Å². The maximum absolute atomic E-state index is 12.1. The number of ether oxygens (including phenoxy) is 1. The lowest BCUT2D eigenvalue weighted by Gasteiger charge is -2.03. The van der Waals surface area contributed by atoms with E-state index in [0.717, 1.165) is 29.9 Å². The normalized spacial score (nSPS) is 11.1. The molecule has 0 bridgehead atoms. The molecule has 0 spiro atoms. The number of benzene rings is 1. The number of methoxy groups -OCH3 is 1. The predicted molar refractivity (Wildman–Crippen MR) is 115 cm³/mol. The van der Waals surface area contributed by atoms with Crippen molar-refractivity contribution >= 4 is 22.2 Å². The third-order valence-electron chi connectivity index (χ3n) is 4.78. The van der Waals surface area contributed by atoms with Crippen LogP contribution in [0.5, 0.6) is 11.5 Å². The van der Waals surface area contributed by atoms with Crippen molar-refractivity contribution in [2.45, 2.75) is 32.1 Å². The molecule has 4 rings (SSSR count). The van der Waals surface area contributed by atoms with Crippen molar-refractivity contribution in [2.24, 2.45) is 0 Å². The highest BCUT2D eigenvalue weighted by Crippen LogP contribution is 2.30. The molecule has 0 saturated heterocycles. The summed E-state index contributed by atoms with van der Waals surface area (Å²) in [7, 11) is 1.49. The summed E-state index contributed by atoms with van der Waals surface area (Å²) in [6.45, 7) is 0.628. The number of nitrogens with zero attached hydrogens (tertiary/aromatic N) is 4. The second-order valence-electron chi connectivity index (χ2n) is 7.06. The number of nitrogens with one attached hydrogen (secondary N) is 1. The zero-order valence-electron chi connectivity index (χ0n) is 17.1. The molecule has 9 nitrogen and oxygen atoms in total. The maximum atomic E-state index is 12.1. The van der Waals surface area contributed by atoms with Crippen LogP contribution in [-0.2, 0) is 17.6 Å². The Morgan fingerprint density at radius 2 is 2.19 bits per heavy atom. The van der Waals surface area contributed by atoms with Crippen molar-refractivity contribution in [3.63, 3.8) is 0 Å². The van der Waals surface area contributed by atoms with Crippen molar-refractivity contribution in [1.82, 2.24) is 24.8 Å². The molecule has 0 radical (unpaired) electrons. The van der Waals surface area contributed by atoms with E-state index < -0.39 is 0 Å². The summed E-state index contributed by atoms with van der Waals surface area (Å²) >= 11 is 1.55. The minimum absolute atomic E-state index is 0.0170. The van der Waals surface area contributed by atoms with Gasteiger partial charge in [0, 0.05) is 36.3 Å². The highest BCUT2D eigenvalue weighted by Gasteiger charge is 2.12. The molecule has 1 aromatic carbocycles. The highest BCUT2D eigenvalue weighted by atomic mass is 32.1. The van der Waals surface area contributed by atoms with Crippen molar-refractivity contribution < 1.29 is 19.2 Å². The first kappa shape index (κ1) is 20.9. The lowest BCUT2D eigenvalue weighted by atomic mass is 10.2. The molecule has 1 amide bonds. The number of aromatic nitrogens is 4. The van der Waals surface area contributed by atoms with Crippen molar-refractivity contribution in [3.05, 3.63) is 47.6 Å². The molecule has 0 saturated carbocycles. The van der Waals surface area contributed by atoms with Crippen LogP contribution in [0.2, 0.25) is 0 Å². The van der Waals surface area contributed by atoms with Gasteiger partial charge in [0.25, 0.3) is 0 Å². The van der Waals surface area contributed by atoms with Gasteiger partial charge in [0.15, 0.2) is 16.5 Å². The Bertz CT molecular complexity index is 1140. The van der Waals surface area contributed by atoms with E-state index in [0.29, 0.717) is 42.4 Å². The second-order valence-corrected chi connectivity index (χ2v) is 7.93. The molecule has 0 fully saturated rings. The van der Waals surface area contributed by atoms with E-state index in [-0.39, 0.29) is 11.7 Å². The number of carbonyl (C=O) groups excluding carboxylic acids is 1. The van der Waals surface area contributed by atoms with Gasteiger partial charge in [-0.05, 0) is 31.0 Å². The molecule has 3 heterocycles. The largest absolute Gasteiger partial charge is 0.504 e. The molecule has 31 heavy (non-hydrogen) atoms. The molecule has 4 aromatic rings. The predicted octanol–water partition coefficient (Wildman–Crippen LogP) is 3.23. The Morgan fingerprint density at radius 3 is 3.03 bits per heavy atom. The number of phenolic OH excluding ortho intramolecular Hbond substituents is 1. The summed E-state index contributed by atoms with van der Waals surface area (Å²) in [4.78, 5) is 21.8. The van der Waals surface area contributed by atoms with Gasteiger partial charge in [-0.3, -0.25) is 9.20 Å². The fraction of sp³-hybridized carbons (Fsp3) is 0.333. The Hall–Kier alpha value is -3.40. The lowest BCUT2D eigenvalue weighted by molar-refractivity contribution is -0.120. The number of hydrogen-bond donors (Lipinski definition) is 2. The highest BCUT2D eigenvalue weighted by molar-refractivity contribution is 7.15. The number of aromatic hydroxyl groups is 1. The van der Waals surface area contributed by atoms with Crippen molar-refractivity contribution in [2.75, 3.05) is 13.7 Å². The number of thiazole rings is 1. The number of aryl methyl sites for hydroxylation is 1. The number of phenols is 1. The molecule has 10 heteroatoms. The van der Waals surface area contributed by atoms with Gasteiger partial charge in [-0.1, -0.05) is 11.6 Å². The van der Waals surface area contributed by atoms with Gasteiger partial charge in [0.05, 0.1) is 19.2 Å². The van der Waals surface area contributed by atoms with Crippen LogP contribution in [-0.4, -0.2) is 44.2 Å². The minimum Gasteiger partial charge on any atom is -0.504 e.